The van der Waals surface area contributed by atoms with Crippen molar-refractivity contribution in [2.45, 2.75) is 6.54 Å². The van der Waals surface area contributed by atoms with Crippen molar-refractivity contribution >= 4 is 49.3 Å². The largest absolute Gasteiger partial charge is 0.379 e. The van der Waals surface area contributed by atoms with E-state index in [0.29, 0.717) is 0 Å². The molecule has 0 unspecified atom stereocenters. The number of halogens is 1. The van der Waals surface area contributed by atoms with E-state index in [1.165, 1.54) is 9.58 Å². The lowest BCUT2D eigenvalue weighted by molar-refractivity contribution is 0.0346. The number of nitrogens with zero attached hydrogens (tertiary/aromatic N) is 4. The van der Waals surface area contributed by atoms with Crippen LogP contribution in [0.4, 0.5) is 0 Å². The Hall–Kier alpha value is -1.51. The molecule has 5 nitrogen and oxygen atoms in total. The van der Waals surface area contributed by atoms with Crippen LogP contribution in [0.5, 0.6) is 0 Å². The van der Waals surface area contributed by atoms with E-state index in [0.717, 1.165) is 58.9 Å². The zero-order chi connectivity index (χ0) is 16.8. The lowest BCUT2D eigenvalue weighted by Crippen LogP contribution is -2.35. The molecule has 4 heterocycles. The van der Waals surface area contributed by atoms with Crippen molar-refractivity contribution in [1.29, 1.82) is 0 Å². The molecule has 0 N–H and O–H groups in total. The highest BCUT2D eigenvalue weighted by molar-refractivity contribution is 7.23. The number of thiophene rings is 1. The van der Waals surface area contributed by atoms with Crippen LogP contribution in [-0.2, 0) is 11.3 Å². The van der Waals surface area contributed by atoms with E-state index < -0.39 is 0 Å². The highest BCUT2D eigenvalue weighted by Gasteiger charge is 2.19. The maximum Gasteiger partial charge on any atom is 0.216 e. The maximum absolute atomic E-state index is 6.62. The fourth-order valence-corrected chi connectivity index (χ4v) is 5.57. The van der Waals surface area contributed by atoms with Crippen LogP contribution in [0, 0.1) is 0 Å². The van der Waals surface area contributed by atoms with Gasteiger partial charge in [0.1, 0.15) is 0 Å². The molecule has 5 rings (SSSR count). The van der Waals surface area contributed by atoms with Crippen molar-refractivity contribution in [2.75, 3.05) is 26.3 Å². The van der Waals surface area contributed by atoms with Crippen LogP contribution in [0.25, 0.3) is 25.7 Å². The normalized spacial score (nSPS) is 16.2. The highest BCUT2D eigenvalue weighted by Crippen LogP contribution is 2.41. The molecule has 0 amide bonds. The predicted octanol–water partition coefficient (Wildman–Crippen LogP) is 4.16. The van der Waals surface area contributed by atoms with Gasteiger partial charge in [0.25, 0.3) is 0 Å². The third kappa shape index (κ3) is 2.76. The minimum atomic E-state index is 0.760. The van der Waals surface area contributed by atoms with Gasteiger partial charge in [-0.1, -0.05) is 41.1 Å². The molecule has 1 aliphatic heterocycles. The fraction of sp³-hybridized carbons (Fsp3) is 0.294. The van der Waals surface area contributed by atoms with Crippen LogP contribution in [0.1, 0.15) is 4.88 Å². The molecule has 0 aliphatic carbocycles. The number of morpholine rings is 1. The van der Waals surface area contributed by atoms with Crippen LogP contribution in [0.3, 0.4) is 0 Å². The highest BCUT2D eigenvalue weighted by atomic mass is 35.5. The van der Waals surface area contributed by atoms with E-state index in [9.17, 15) is 0 Å². The summed E-state index contributed by atoms with van der Waals surface area (Å²) in [5, 5.41) is 10.6. The summed E-state index contributed by atoms with van der Waals surface area (Å²) in [6.07, 6.45) is 2.14. The van der Waals surface area contributed by atoms with Crippen molar-refractivity contribution in [3.63, 3.8) is 0 Å². The van der Waals surface area contributed by atoms with Gasteiger partial charge >= 0.3 is 0 Å². The van der Waals surface area contributed by atoms with Gasteiger partial charge in [-0.2, -0.15) is 0 Å². The molecule has 8 heteroatoms. The third-order valence-corrected chi connectivity index (χ3v) is 7.01. The second-order valence-corrected chi connectivity index (χ2v) is 8.53. The fourth-order valence-electron chi connectivity index (χ4n) is 3.12. The van der Waals surface area contributed by atoms with E-state index in [-0.39, 0.29) is 0 Å². The summed E-state index contributed by atoms with van der Waals surface area (Å²) in [6.45, 7) is 4.51. The first-order chi connectivity index (χ1) is 12.3. The van der Waals surface area contributed by atoms with Gasteiger partial charge in [0, 0.05) is 40.8 Å². The molecule has 0 atom stereocenters. The summed E-state index contributed by atoms with van der Waals surface area (Å²) in [5.74, 6) is 0.825. The Bertz CT molecular complexity index is 1050. The number of rotatable bonds is 3. The average molecular weight is 391 g/mol. The SMILES string of the molecule is Clc1c(-c2nnc3sc(CN4CCOCC4)cn23)sc2ccccc12. The van der Waals surface area contributed by atoms with Crippen molar-refractivity contribution in [3.8, 4) is 10.7 Å². The third-order valence-electron chi connectivity index (χ3n) is 4.38. The quantitative estimate of drug-likeness (QED) is 0.526. The number of hydrogen-bond donors (Lipinski definition) is 0. The molecule has 128 valence electrons. The van der Waals surface area contributed by atoms with Gasteiger partial charge in [-0.05, 0) is 6.07 Å². The van der Waals surface area contributed by atoms with E-state index >= 15 is 0 Å². The smallest absolute Gasteiger partial charge is 0.216 e. The molecule has 1 saturated heterocycles. The summed E-state index contributed by atoms with van der Waals surface area (Å²) < 4.78 is 8.66. The van der Waals surface area contributed by atoms with Gasteiger partial charge in [0.05, 0.1) is 23.1 Å². The van der Waals surface area contributed by atoms with E-state index in [2.05, 4.69) is 31.8 Å². The summed E-state index contributed by atoms with van der Waals surface area (Å²) in [4.78, 5) is 5.58. The van der Waals surface area contributed by atoms with Gasteiger partial charge in [0.15, 0.2) is 5.82 Å². The Labute approximate surface area is 157 Å². The minimum Gasteiger partial charge on any atom is -0.379 e. The molecule has 4 aromatic rings. The monoisotopic (exact) mass is 390 g/mol. The Morgan fingerprint density at radius 1 is 1.12 bits per heavy atom. The number of benzene rings is 1. The molecule has 25 heavy (non-hydrogen) atoms. The molecule has 0 radical (unpaired) electrons. The van der Waals surface area contributed by atoms with Crippen LogP contribution in [0.2, 0.25) is 5.02 Å². The van der Waals surface area contributed by atoms with E-state index in [1.54, 1.807) is 22.7 Å². The first kappa shape index (κ1) is 15.7. The molecule has 1 fully saturated rings. The number of ether oxygens (including phenoxy) is 1. The van der Waals surface area contributed by atoms with Crippen LogP contribution in [-0.4, -0.2) is 45.8 Å². The van der Waals surface area contributed by atoms with Crippen molar-refractivity contribution in [1.82, 2.24) is 19.5 Å². The number of fused-ring (bicyclic) bond motifs is 2. The Morgan fingerprint density at radius 3 is 2.80 bits per heavy atom. The molecule has 0 saturated carbocycles. The standard InChI is InChI=1S/C17H15ClN4OS2/c18-14-12-3-1-2-4-13(12)25-15(14)16-19-20-17-22(16)10-11(24-17)9-21-5-7-23-8-6-21/h1-4,10H,5-9H2. The first-order valence-corrected chi connectivity index (χ1v) is 10.1. The van der Waals surface area contributed by atoms with E-state index in [4.69, 9.17) is 16.3 Å². The van der Waals surface area contributed by atoms with Gasteiger partial charge in [-0.15, -0.1) is 21.5 Å². The van der Waals surface area contributed by atoms with Crippen LogP contribution >= 0.6 is 34.3 Å². The number of thiazole rings is 1. The lowest BCUT2D eigenvalue weighted by atomic mass is 10.2. The molecular weight excluding hydrogens is 376 g/mol. The first-order valence-electron chi connectivity index (χ1n) is 8.10. The van der Waals surface area contributed by atoms with Gasteiger partial charge < -0.3 is 4.74 Å². The maximum atomic E-state index is 6.62. The molecular formula is C17H15ClN4OS2. The summed E-state index contributed by atoms with van der Waals surface area (Å²) in [7, 11) is 0. The van der Waals surface area contributed by atoms with Crippen molar-refractivity contribution < 1.29 is 4.74 Å². The molecule has 0 bridgehead atoms. The van der Waals surface area contributed by atoms with Gasteiger partial charge in [-0.3, -0.25) is 9.30 Å². The molecule has 1 aliphatic rings. The zero-order valence-corrected chi connectivity index (χ0v) is 15.7. The van der Waals surface area contributed by atoms with Crippen LogP contribution in [0.15, 0.2) is 30.5 Å². The summed E-state index contributed by atoms with van der Waals surface area (Å²) in [6, 6.07) is 8.18. The zero-order valence-electron chi connectivity index (χ0n) is 13.3. The van der Waals surface area contributed by atoms with E-state index in [1.807, 2.05) is 18.2 Å². The van der Waals surface area contributed by atoms with Gasteiger partial charge in [0.2, 0.25) is 4.96 Å². The molecule has 1 aromatic carbocycles. The lowest BCUT2D eigenvalue weighted by Gasteiger charge is -2.25. The summed E-state index contributed by atoms with van der Waals surface area (Å²) in [5.41, 5.74) is 0. The molecule has 0 spiro atoms. The molecule has 3 aromatic heterocycles. The topological polar surface area (TPSA) is 42.7 Å². The van der Waals surface area contributed by atoms with Gasteiger partial charge in [-0.25, -0.2) is 0 Å². The Kier molecular flexibility index (Phi) is 3.98. The van der Waals surface area contributed by atoms with Crippen molar-refractivity contribution in [3.05, 3.63) is 40.4 Å². The Morgan fingerprint density at radius 2 is 1.96 bits per heavy atom. The second kappa shape index (κ2) is 6.34. The Balaban J connectivity index is 1.53. The number of hydrogen-bond acceptors (Lipinski definition) is 6. The average Bonchev–Trinajstić information content (AvgIpc) is 3.29. The minimum absolute atomic E-state index is 0.760. The number of aromatic nitrogens is 3. The van der Waals surface area contributed by atoms with Crippen LogP contribution < -0.4 is 0 Å². The van der Waals surface area contributed by atoms with Crippen molar-refractivity contribution in [2.24, 2.45) is 0 Å². The predicted molar refractivity (Wildman–Crippen MR) is 103 cm³/mol. The summed E-state index contributed by atoms with van der Waals surface area (Å²) >= 11 is 9.97. The second-order valence-electron chi connectivity index (χ2n) is 6.00.